The topological polar surface area (TPSA) is 104 Å². The Morgan fingerprint density at radius 2 is 2.09 bits per heavy atom. The third-order valence-corrected chi connectivity index (χ3v) is 4.32. The van der Waals surface area contributed by atoms with Crippen LogP contribution in [-0.2, 0) is 0 Å². The molecule has 0 aliphatic heterocycles. The third kappa shape index (κ3) is 4.41. The van der Waals surface area contributed by atoms with Crippen molar-refractivity contribution in [3.8, 4) is 0 Å². The minimum atomic E-state index is -0.509. The highest BCUT2D eigenvalue weighted by molar-refractivity contribution is 5.74. The molecular formula is C16H23N3O4. The van der Waals surface area contributed by atoms with Gasteiger partial charge in [-0.25, -0.2) is 4.79 Å². The summed E-state index contributed by atoms with van der Waals surface area (Å²) in [6, 6.07) is 3.96. The highest BCUT2D eigenvalue weighted by Gasteiger charge is 2.25. The molecule has 0 aromatic heterocycles. The zero-order chi connectivity index (χ0) is 17.0. The van der Waals surface area contributed by atoms with Gasteiger partial charge in [0.25, 0.3) is 5.69 Å². The van der Waals surface area contributed by atoms with Crippen molar-refractivity contribution in [2.75, 3.05) is 0 Å². The van der Waals surface area contributed by atoms with Gasteiger partial charge in [0.15, 0.2) is 0 Å². The summed E-state index contributed by atoms with van der Waals surface area (Å²) in [6.07, 6.45) is 2.92. The SMILES string of the molecule is Cc1ccc([C@H](C)NC(=O)N[C@@H]2CCCC[C@@H]2O)cc1[N+](=O)[O-]. The van der Waals surface area contributed by atoms with Crippen LogP contribution in [0.15, 0.2) is 18.2 Å². The number of nitrogens with zero attached hydrogens (tertiary/aromatic N) is 1. The van der Waals surface area contributed by atoms with Gasteiger partial charge in [-0.15, -0.1) is 0 Å². The van der Waals surface area contributed by atoms with E-state index in [1.165, 1.54) is 6.07 Å². The van der Waals surface area contributed by atoms with Crippen LogP contribution in [0.5, 0.6) is 0 Å². The van der Waals surface area contributed by atoms with Gasteiger partial charge in [-0.1, -0.05) is 25.0 Å². The fraction of sp³-hybridized carbons (Fsp3) is 0.562. The highest BCUT2D eigenvalue weighted by atomic mass is 16.6. The maximum atomic E-state index is 12.1. The number of aliphatic hydroxyl groups excluding tert-OH is 1. The number of hydrogen-bond donors (Lipinski definition) is 3. The Bertz CT molecular complexity index is 591. The van der Waals surface area contributed by atoms with E-state index in [1.54, 1.807) is 26.0 Å². The molecule has 0 heterocycles. The predicted molar refractivity (Wildman–Crippen MR) is 86.2 cm³/mol. The van der Waals surface area contributed by atoms with E-state index in [-0.39, 0.29) is 23.8 Å². The van der Waals surface area contributed by atoms with Crippen LogP contribution in [-0.4, -0.2) is 28.2 Å². The minimum Gasteiger partial charge on any atom is -0.391 e. The average Bonchev–Trinajstić information content (AvgIpc) is 2.49. The van der Waals surface area contributed by atoms with Crippen molar-refractivity contribution in [1.29, 1.82) is 0 Å². The molecule has 0 unspecified atom stereocenters. The van der Waals surface area contributed by atoms with Crippen molar-refractivity contribution in [3.63, 3.8) is 0 Å². The van der Waals surface area contributed by atoms with Crippen LogP contribution in [0.3, 0.4) is 0 Å². The monoisotopic (exact) mass is 321 g/mol. The van der Waals surface area contributed by atoms with E-state index in [1.807, 2.05) is 0 Å². The van der Waals surface area contributed by atoms with Crippen molar-refractivity contribution in [3.05, 3.63) is 39.4 Å². The summed E-state index contributed by atoms with van der Waals surface area (Å²) >= 11 is 0. The van der Waals surface area contributed by atoms with Crippen molar-refractivity contribution < 1.29 is 14.8 Å². The number of nitro benzene ring substituents is 1. The maximum absolute atomic E-state index is 12.1. The molecule has 0 spiro atoms. The van der Waals surface area contributed by atoms with Crippen LogP contribution in [0.2, 0.25) is 0 Å². The molecule has 1 aromatic rings. The smallest absolute Gasteiger partial charge is 0.315 e. The highest BCUT2D eigenvalue weighted by Crippen LogP contribution is 2.23. The van der Waals surface area contributed by atoms with Crippen LogP contribution < -0.4 is 10.6 Å². The van der Waals surface area contributed by atoms with Crippen molar-refractivity contribution in [2.45, 2.75) is 57.7 Å². The molecule has 0 radical (unpaired) electrons. The first kappa shape index (κ1) is 17.2. The number of nitrogens with one attached hydrogen (secondary N) is 2. The molecule has 1 aliphatic rings. The van der Waals surface area contributed by atoms with Gasteiger partial charge in [-0.05, 0) is 32.3 Å². The summed E-state index contributed by atoms with van der Waals surface area (Å²) in [4.78, 5) is 22.6. The Morgan fingerprint density at radius 3 is 2.74 bits per heavy atom. The van der Waals surface area contributed by atoms with Gasteiger partial charge in [0.05, 0.1) is 23.1 Å². The summed E-state index contributed by atoms with van der Waals surface area (Å²) in [5.74, 6) is 0. The van der Waals surface area contributed by atoms with E-state index >= 15 is 0 Å². The van der Waals surface area contributed by atoms with E-state index in [0.29, 0.717) is 17.5 Å². The van der Waals surface area contributed by atoms with Gasteiger partial charge in [0.2, 0.25) is 0 Å². The second-order valence-electron chi connectivity index (χ2n) is 6.10. The van der Waals surface area contributed by atoms with Crippen molar-refractivity contribution in [1.82, 2.24) is 10.6 Å². The molecular weight excluding hydrogens is 298 g/mol. The Hall–Kier alpha value is -2.15. The van der Waals surface area contributed by atoms with E-state index < -0.39 is 11.0 Å². The molecule has 1 aromatic carbocycles. The summed E-state index contributed by atoms with van der Waals surface area (Å²) < 4.78 is 0. The number of carbonyl (C=O) groups excluding carboxylic acids is 1. The number of benzene rings is 1. The molecule has 1 fully saturated rings. The molecule has 2 amide bonds. The molecule has 7 nitrogen and oxygen atoms in total. The fourth-order valence-electron chi connectivity index (χ4n) is 2.86. The Kier molecular flexibility index (Phi) is 5.54. The second kappa shape index (κ2) is 7.41. The first-order chi connectivity index (χ1) is 10.9. The number of amides is 2. The number of aryl methyl sites for hydroxylation is 1. The van der Waals surface area contributed by atoms with Crippen LogP contribution >= 0.6 is 0 Å². The molecule has 1 aliphatic carbocycles. The molecule has 3 atom stereocenters. The Morgan fingerprint density at radius 1 is 1.39 bits per heavy atom. The number of aliphatic hydroxyl groups is 1. The van der Waals surface area contributed by atoms with Crippen molar-refractivity contribution in [2.24, 2.45) is 0 Å². The van der Waals surface area contributed by atoms with Gasteiger partial charge in [-0.3, -0.25) is 10.1 Å². The number of rotatable bonds is 4. The lowest BCUT2D eigenvalue weighted by atomic mass is 9.93. The van der Waals surface area contributed by atoms with Crippen LogP contribution in [0.25, 0.3) is 0 Å². The van der Waals surface area contributed by atoms with E-state index in [2.05, 4.69) is 10.6 Å². The molecule has 0 saturated heterocycles. The number of carbonyl (C=O) groups is 1. The second-order valence-corrected chi connectivity index (χ2v) is 6.10. The number of urea groups is 1. The molecule has 7 heteroatoms. The number of hydrogen-bond acceptors (Lipinski definition) is 4. The average molecular weight is 321 g/mol. The quantitative estimate of drug-likeness (QED) is 0.585. The lowest BCUT2D eigenvalue weighted by molar-refractivity contribution is -0.385. The standard InChI is InChI=1S/C16H23N3O4/c1-10-7-8-12(9-14(10)19(22)23)11(2)17-16(21)18-13-5-3-4-6-15(13)20/h7-9,11,13,15,20H,3-6H2,1-2H3,(H2,17,18,21)/t11-,13+,15-/m0/s1. The zero-order valence-corrected chi connectivity index (χ0v) is 13.4. The fourth-order valence-corrected chi connectivity index (χ4v) is 2.86. The van der Waals surface area contributed by atoms with Gasteiger partial charge in [-0.2, -0.15) is 0 Å². The molecule has 0 bridgehead atoms. The molecule has 1 saturated carbocycles. The summed E-state index contributed by atoms with van der Waals surface area (Å²) in [5, 5.41) is 26.4. The van der Waals surface area contributed by atoms with Gasteiger partial charge in [0.1, 0.15) is 0 Å². The Balaban J connectivity index is 1.98. The van der Waals surface area contributed by atoms with E-state index in [4.69, 9.17) is 0 Å². The first-order valence-corrected chi connectivity index (χ1v) is 7.88. The zero-order valence-electron chi connectivity index (χ0n) is 13.4. The Labute approximate surface area is 135 Å². The number of nitro groups is 1. The van der Waals surface area contributed by atoms with Crippen LogP contribution in [0.1, 0.15) is 49.8 Å². The van der Waals surface area contributed by atoms with Crippen LogP contribution in [0.4, 0.5) is 10.5 Å². The van der Waals surface area contributed by atoms with E-state index in [0.717, 1.165) is 19.3 Å². The normalized spacial score (nSPS) is 22.2. The molecule has 2 rings (SSSR count). The minimum absolute atomic E-state index is 0.0410. The lowest BCUT2D eigenvalue weighted by Crippen LogP contribution is -2.49. The van der Waals surface area contributed by atoms with Crippen LogP contribution in [0, 0.1) is 17.0 Å². The lowest BCUT2D eigenvalue weighted by Gasteiger charge is -2.29. The van der Waals surface area contributed by atoms with E-state index in [9.17, 15) is 20.0 Å². The van der Waals surface area contributed by atoms with Gasteiger partial charge >= 0.3 is 6.03 Å². The summed E-state index contributed by atoms with van der Waals surface area (Å²) in [7, 11) is 0. The summed E-state index contributed by atoms with van der Waals surface area (Å²) in [6.45, 7) is 3.45. The van der Waals surface area contributed by atoms with Gasteiger partial charge in [0, 0.05) is 11.6 Å². The van der Waals surface area contributed by atoms with Crippen molar-refractivity contribution >= 4 is 11.7 Å². The van der Waals surface area contributed by atoms with Gasteiger partial charge < -0.3 is 15.7 Å². The predicted octanol–water partition coefficient (Wildman–Crippen LogP) is 2.57. The molecule has 23 heavy (non-hydrogen) atoms. The summed E-state index contributed by atoms with van der Waals surface area (Å²) in [5.41, 5.74) is 1.29. The maximum Gasteiger partial charge on any atom is 0.315 e. The molecule has 3 N–H and O–H groups in total. The largest absolute Gasteiger partial charge is 0.391 e. The first-order valence-electron chi connectivity index (χ1n) is 7.88. The third-order valence-electron chi connectivity index (χ3n) is 4.32. The molecule has 126 valence electrons.